The fourth-order valence-electron chi connectivity index (χ4n) is 1.86. The molecule has 1 aromatic carbocycles. The molecule has 0 amide bonds. The third-order valence-electron chi connectivity index (χ3n) is 3.04. The van der Waals surface area contributed by atoms with Crippen molar-refractivity contribution in [3.05, 3.63) is 41.2 Å². The maximum Gasteiger partial charge on any atom is 0.170 e. The zero-order valence-electron chi connectivity index (χ0n) is 11.2. The summed E-state index contributed by atoms with van der Waals surface area (Å²) in [5.41, 5.74) is 3.65. The van der Waals surface area contributed by atoms with Crippen LogP contribution in [-0.2, 0) is 5.41 Å². The summed E-state index contributed by atoms with van der Waals surface area (Å²) in [7, 11) is 0. The summed E-state index contributed by atoms with van der Waals surface area (Å²) in [4.78, 5) is 18.3. The van der Waals surface area contributed by atoms with Crippen molar-refractivity contribution in [3.8, 4) is 11.4 Å². The molecule has 1 heterocycles. The van der Waals surface area contributed by atoms with E-state index < -0.39 is 0 Å². The van der Waals surface area contributed by atoms with Gasteiger partial charge in [0.05, 0.1) is 0 Å². The molecule has 0 radical (unpaired) electrons. The molecule has 0 aliphatic carbocycles. The molecule has 18 heavy (non-hydrogen) atoms. The third kappa shape index (κ3) is 2.35. The van der Waals surface area contributed by atoms with E-state index >= 15 is 0 Å². The zero-order chi connectivity index (χ0) is 13.3. The minimum absolute atomic E-state index is 0.102. The first-order chi connectivity index (χ1) is 8.41. The molecule has 0 saturated heterocycles. The average Bonchev–Trinajstić information content (AvgIpc) is 2.70. The van der Waals surface area contributed by atoms with E-state index in [1.54, 1.807) is 0 Å². The van der Waals surface area contributed by atoms with Gasteiger partial charge in [-0.1, -0.05) is 39.0 Å². The Hall–Kier alpha value is -1.90. The molecule has 0 unspecified atom stereocenters. The van der Waals surface area contributed by atoms with E-state index in [-0.39, 0.29) is 5.41 Å². The minimum Gasteiger partial charge on any atom is -0.341 e. The Kier molecular flexibility index (Phi) is 3.07. The number of aromatic nitrogens is 2. The van der Waals surface area contributed by atoms with Crippen molar-refractivity contribution in [3.63, 3.8) is 0 Å². The number of aldehydes is 1. The van der Waals surface area contributed by atoms with Gasteiger partial charge in [-0.2, -0.15) is 0 Å². The van der Waals surface area contributed by atoms with Crippen molar-refractivity contribution in [2.75, 3.05) is 0 Å². The van der Waals surface area contributed by atoms with E-state index in [2.05, 4.69) is 42.9 Å². The number of imidazole rings is 1. The molecule has 2 aromatic rings. The number of carbonyl (C=O) groups is 1. The monoisotopic (exact) mass is 242 g/mol. The highest BCUT2D eigenvalue weighted by Gasteiger charge is 2.15. The van der Waals surface area contributed by atoms with Crippen LogP contribution in [0, 0.1) is 6.92 Å². The lowest BCUT2D eigenvalue weighted by Crippen LogP contribution is -2.10. The molecule has 3 heteroatoms. The Bertz CT molecular complexity index is 576. The minimum atomic E-state index is 0.102. The number of aromatic amines is 1. The molecule has 0 fully saturated rings. The second kappa shape index (κ2) is 4.41. The highest BCUT2D eigenvalue weighted by molar-refractivity contribution is 5.75. The molecular formula is C15H18N2O. The van der Waals surface area contributed by atoms with Crippen LogP contribution >= 0.6 is 0 Å². The quantitative estimate of drug-likeness (QED) is 0.819. The van der Waals surface area contributed by atoms with Crippen LogP contribution < -0.4 is 0 Å². The van der Waals surface area contributed by atoms with Gasteiger partial charge < -0.3 is 4.98 Å². The van der Waals surface area contributed by atoms with E-state index in [0.717, 1.165) is 23.4 Å². The average molecular weight is 242 g/mol. The number of carbonyl (C=O) groups excluding carboxylic acids is 1. The van der Waals surface area contributed by atoms with Crippen molar-refractivity contribution < 1.29 is 4.79 Å². The number of benzene rings is 1. The fraction of sp³-hybridized carbons (Fsp3) is 0.333. The van der Waals surface area contributed by atoms with Crippen molar-refractivity contribution in [1.82, 2.24) is 9.97 Å². The first-order valence-corrected chi connectivity index (χ1v) is 6.04. The van der Waals surface area contributed by atoms with Gasteiger partial charge in [-0.05, 0) is 24.0 Å². The number of hydrogen-bond donors (Lipinski definition) is 1. The summed E-state index contributed by atoms with van der Waals surface area (Å²) in [6, 6.07) is 8.25. The van der Waals surface area contributed by atoms with Crippen LogP contribution in [0.2, 0.25) is 0 Å². The molecule has 0 aliphatic heterocycles. The standard InChI is InChI=1S/C15H18N2O/c1-10-13(9-18)17-14(16-10)11-6-5-7-12(8-11)15(2,3)4/h5-9H,1-4H3,(H,16,17). The van der Waals surface area contributed by atoms with Crippen LogP contribution in [0.1, 0.15) is 42.5 Å². The maximum atomic E-state index is 10.8. The van der Waals surface area contributed by atoms with E-state index in [1.807, 2.05) is 19.1 Å². The molecule has 1 aromatic heterocycles. The predicted molar refractivity (Wildman–Crippen MR) is 72.8 cm³/mol. The first kappa shape index (κ1) is 12.6. The SMILES string of the molecule is Cc1[nH]c(-c2cccc(C(C)(C)C)c2)nc1C=O. The van der Waals surface area contributed by atoms with Gasteiger partial charge in [-0.3, -0.25) is 4.79 Å². The van der Waals surface area contributed by atoms with E-state index in [9.17, 15) is 4.79 Å². The summed E-state index contributed by atoms with van der Waals surface area (Å²) in [6.45, 7) is 8.39. The fourth-order valence-corrected chi connectivity index (χ4v) is 1.86. The second-order valence-electron chi connectivity index (χ2n) is 5.54. The first-order valence-electron chi connectivity index (χ1n) is 6.04. The molecule has 0 bridgehead atoms. The van der Waals surface area contributed by atoms with Crippen LogP contribution in [0.4, 0.5) is 0 Å². The molecular weight excluding hydrogens is 224 g/mol. The van der Waals surface area contributed by atoms with Crippen molar-refractivity contribution >= 4 is 6.29 Å². The topological polar surface area (TPSA) is 45.8 Å². The third-order valence-corrected chi connectivity index (χ3v) is 3.04. The Morgan fingerprint density at radius 3 is 2.56 bits per heavy atom. The Morgan fingerprint density at radius 1 is 1.28 bits per heavy atom. The van der Waals surface area contributed by atoms with Gasteiger partial charge in [0.15, 0.2) is 6.29 Å². The summed E-state index contributed by atoms with van der Waals surface area (Å²) < 4.78 is 0. The second-order valence-corrected chi connectivity index (χ2v) is 5.54. The Balaban J connectivity index is 2.47. The Morgan fingerprint density at radius 2 is 2.00 bits per heavy atom. The summed E-state index contributed by atoms with van der Waals surface area (Å²) in [6.07, 6.45) is 0.781. The van der Waals surface area contributed by atoms with E-state index in [4.69, 9.17) is 0 Å². The van der Waals surface area contributed by atoms with Crippen molar-refractivity contribution in [1.29, 1.82) is 0 Å². The molecule has 0 aliphatic rings. The number of nitrogens with zero attached hydrogens (tertiary/aromatic N) is 1. The molecule has 0 spiro atoms. The zero-order valence-corrected chi connectivity index (χ0v) is 11.2. The van der Waals surface area contributed by atoms with Gasteiger partial charge in [0.2, 0.25) is 0 Å². The van der Waals surface area contributed by atoms with Gasteiger partial charge in [-0.25, -0.2) is 4.98 Å². The molecule has 1 N–H and O–H groups in total. The van der Waals surface area contributed by atoms with Crippen LogP contribution in [0.3, 0.4) is 0 Å². The number of rotatable bonds is 2. The molecule has 0 atom stereocenters. The van der Waals surface area contributed by atoms with Crippen LogP contribution in [0.5, 0.6) is 0 Å². The summed E-state index contributed by atoms with van der Waals surface area (Å²) in [5.74, 6) is 0.751. The lowest BCUT2D eigenvalue weighted by molar-refractivity contribution is 0.111. The molecule has 0 saturated carbocycles. The molecule has 94 valence electrons. The summed E-state index contributed by atoms with van der Waals surface area (Å²) in [5, 5.41) is 0. The maximum absolute atomic E-state index is 10.8. The molecule has 3 nitrogen and oxygen atoms in total. The number of nitrogens with one attached hydrogen (secondary N) is 1. The van der Waals surface area contributed by atoms with Gasteiger partial charge in [0, 0.05) is 11.3 Å². The van der Waals surface area contributed by atoms with Gasteiger partial charge >= 0.3 is 0 Å². The van der Waals surface area contributed by atoms with Crippen LogP contribution in [0.15, 0.2) is 24.3 Å². The van der Waals surface area contributed by atoms with Crippen LogP contribution in [-0.4, -0.2) is 16.3 Å². The Labute approximate surface area is 107 Å². The lowest BCUT2D eigenvalue weighted by atomic mass is 9.86. The van der Waals surface area contributed by atoms with Crippen molar-refractivity contribution in [2.45, 2.75) is 33.1 Å². The molecule has 2 rings (SSSR count). The highest BCUT2D eigenvalue weighted by atomic mass is 16.1. The van der Waals surface area contributed by atoms with Crippen molar-refractivity contribution in [2.24, 2.45) is 0 Å². The normalized spacial score (nSPS) is 11.6. The number of aryl methyl sites for hydroxylation is 1. The lowest BCUT2D eigenvalue weighted by Gasteiger charge is -2.19. The number of H-pyrrole nitrogens is 1. The summed E-state index contributed by atoms with van der Waals surface area (Å²) >= 11 is 0. The van der Waals surface area contributed by atoms with Gasteiger partial charge in [-0.15, -0.1) is 0 Å². The van der Waals surface area contributed by atoms with Gasteiger partial charge in [0.1, 0.15) is 11.5 Å². The van der Waals surface area contributed by atoms with Gasteiger partial charge in [0.25, 0.3) is 0 Å². The number of hydrogen-bond acceptors (Lipinski definition) is 2. The van der Waals surface area contributed by atoms with Crippen LogP contribution in [0.25, 0.3) is 11.4 Å². The predicted octanol–water partition coefficient (Wildman–Crippen LogP) is 3.50. The van der Waals surface area contributed by atoms with E-state index in [0.29, 0.717) is 5.69 Å². The highest BCUT2D eigenvalue weighted by Crippen LogP contribution is 2.26. The smallest absolute Gasteiger partial charge is 0.170 e. The van der Waals surface area contributed by atoms with E-state index in [1.165, 1.54) is 5.56 Å². The largest absolute Gasteiger partial charge is 0.341 e.